The molecule has 6 nitrogen and oxygen atoms in total. The Labute approximate surface area is 239 Å². The Morgan fingerprint density at radius 3 is 2.62 bits per heavy atom. The van der Waals surface area contributed by atoms with Crippen molar-refractivity contribution < 1.29 is 24.9 Å². The van der Waals surface area contributed by atoms with Gasteiger partial charge in [-0.1, -0.05) is 61.6 Å². The van der Waals surface area contributed by atoms with Crippen molar-refractivity contribution >= 4 is 40.8 Å². The minimum atomic E-state index is -0.825. The van der Waals surface area contributed by atoms with Crippen LogP contribution in [0.3, 0.4) is 0 Å². The van der Waals surface area contributed by atoms with Crippen LogP contribution in [-0.4, -0.2) is 44.7 Å². The number of carbonyl (C=O) groups excluding carboxylic acids is 2. The van der Waals surface area contributed by atoms with Crippen molar-refractivity contribution in [2.45, 2.75) is 71.4 Å². The summed E-state index contributed by atoms with van der Waals surface area (Å²) in [5, 5.41) is 34.1. The molecule has 0 bridgehead atoms. The van der Waals surface area contributed by atoms with Crippen LogP contribution in [0.5, 0.6) is 5.75 Å². The number of phenolic OH excluding ortho intramolecular Hbond substituents is 1. The molecule has 4 rings (SSSR count). The number of fused-ring (bicyclic) bond motifs is 1. The lowest BCUT2D eigenvalue weighted by Crippen LogP contribution is -2.39. The van der Waals surface area contributed by atoms with Crippen LogP contribution in [0, 0.1) is 17.8 Å². The molecule has 1 aromatic carbocycles. The standard InChI is InChI=1S/C31H38ClNO5S/c1-3-6-19(14-20-10-11-22(35)16-26(20)32)9-12-27(36)28-21(7-4-2)15-24-29(25(28)18-34)31(38)33(30(24)37)17-23-8-5-13-39-23/h5,8,10-11,13-14,16,24-25,27,29,34-36H,3-4,6-7,9,12,15,17-18H2,1-2H3/b19-14+/t24-,25+,27-,29-/m1/s1. The second-order valence-electron chi connectivity index (χ2n) is 10.6. The van der Waals surface area contributed by atoms with E-state index in [1.165, 1.54) is 22.3 Å². The molecule has 1 saturated heterocycles. The van der Waals surface area contributed by atoms with Crippen LogP contribution in [0.1, 0.15) is 69.2 Å². The average Bonchev–Trinajstić information content (AvgIpc) is 3.51. The molecule has 3 N–H and O–H groups in total. The molecule has 2 aromatic rings. The van der Waals surface area contributed by atoms with Gasteiger partial charge in [0.05, 0.1) is 36.1 Å². The van der Waals surface area contributed by atoms with Gasteiger partial charge in [-0.2, -0.15) is 0 Å². The molecule has 2 heterocycles. The van der Waals surface area contributed by atoms with Gasteiger partial charge in [-0.3, -0.25) is 14.5 Å². The number of aliphatic hydroxyl groups excluding tert-OH is 2. The van der Waals surface area contributed by atoms with Crippen molar-refractivity contribution in [3.8, 4) is 5.75 Å². The van der Waals surface area contributed by atoms with E-state index in [-0.39, 0.29) is 30.7 Å². The highest BCUT2D eigenvalue weighted by molar-refractivity contribution is 7.09. The van der Waals surface area contributed by atoms with Gasteiger partial charge in [-0.05, 0) is 72.9 Å². The van der Waals surface area contributed by atoms with E-state index in [1.54, 1.807) is 12.1 Å². The highest BCUT2D eigenvalue weighted by Gasteiger charge is 2.54. The van der Waals surface area contributed by atoms with E-state index < -0.39 is 23.9 Å². The van der Waals surface area contributed by atoms with E-state index in [0.717, 1.165) is 52.8 Å². The third-order valence-electron chi connectivity index (χ3n) is 7.93. The Kier molecular flexibility index (Phi) is 10.0. The van der Waals surface area contributed by atoms with Crippen LogP contribution in [0.4, 0.5) is 0 Å². The quantitative estimate of drug-likeness (QED) is 0.204. The molecule has 1 aromatic heterocycles. The number of rotatable bonds is 12. The SMILES string of the molecule is CCCC1=C([C@H](O)CC/C(=C/c2ccc(O)cc2Cl)CCC)[C@H](CO)[C@@H]2C(=O)N(Cc3cccs3)C(=O)[C@@H]2C1. The normalized spacial score (nSPS) is 22.5. The zero-order valence-electron chi connectivity index (χ0n) is 22.6. The Morgan fingerprint density at radius 2 is 1.97 bits per heavy atom. The molecule has 0 spiro atoms. The fourth-order valence-electron chi connectivity index (χ4n) is 6.20. The first-order valence-electron chi connectivity index (χ1n) is 13.8. The van der Waals surface area contributed by atoms with E-state index in [0.29, 0.717) is 24.3 Å². The first kappa shape index (κ1) is 29.5. The number of hydrogen-bond donors (Lipinski definition) is 3. The second kappa shape index (κ2) is 13.3. The number of hydrogen-bond acceptors (Lipinski definition) is 6. The molecule has 1 aliphatic carbocycles. The third kappa shape index (κ3) is 6.49. The first-order valence-corrected chi connectivity index (χ1v) is 15.1. The fraction of sp³-hybridized carbons (Fsp3) is 0.484. The molecule has 0 radical (unpaired) electrons. The molecule has 210 valence electrons. The summed E-state index contributed by atoms with van der Waals surface area (Å²) in [6.45, 7) is 4.13. The summed E-state index contributed by atoms with van der Waals surface area (Å²) >= 11 is 7.84. The molecule has 4 atom stereocenters. The van der Waals surface area contributed by atoms with Crippen LogP contribution < -0.4 is 0 Å². The topological polar surface area (TPSA) is 98.1 Å². The number of thiophene rings is 1. The van der Waals surface area contributed by atoms with Crippen molar-refractivity contribution in [1.29, 1.82) is 0 Å². The predicted octanol–water partition coefficient (Wildman–Crippen LogP) is 6.34. The summed E-state index contributed by atoms with van der Waals surface area (Å²) < 4.78 is 0. The predicted molar refractivity (Wildman–Crippen MR) is 155 cm³/mol. The van der Waals surface area contributed by atoms with Gasteiger partial charge >= 0.3 is 0 Å². The Bertz CT molecular complexity index is 1240. The number of aliphatic hydroxyl groups is 2. The van der Waals surface area contributed by atoms with Gasteiger partial charge in [0.25, 0.3) is 0 Å². The molecule has 2 amide bonds. The maximum Gasteiger partial charge on any atom is 0.234 e. The van der Waals surface area contributed by atoms with Crippen LogP contribution in [0.15, 0.2) is 52.4 Å². The molecule has 8 heteroatoms. The zero-order valence-corrected chi connectivity index (χ0v) is 24.2. The van der Waals surface area contributed by atoms with Gasteiger partial charge < -0.3 is 15.3 Å². The maximum absolute atomic E-state index is 13.5. The van der Waals surface area contributed by atoms with Crippen molar-refractivity contribution in [1.82, 2.24) is 4.90 Å². The van der Waals surface area contributed by atoms with E-state index in [2.05, 4.69) is 13.8 Å². The summed E-state index contributed by atoms with van der Waals surface area (Å²) in [6, 6.07) is 8.71. The number of imide groups is 1. The number of halogens is 1. The van der Waals surface area contributed by atoms with Gasteiger partial charge in [-0.15, -0.1) is 11.3 Å². The number of benzene rings is 1. The number of amides is 2. The van der Waals surface area contributed by atoms with Crippen molar-refractivity contribution in [3.05, 3.63) is 67.9 Å². The van der Waals surface area contributed by atoms with Crippen LogP contribution >= 0.6 is 22.9 Å². The van der Waals surface area contributed by atoms with Crippen molar-refractivity contribution in [2.75, 3.05) is 6.61 Å². The molecule has 1 fully saturated rings. The summed E-state index contributed by atoms with van der Waals surface area (Å²) in [6.07, 6.45) is 6.05. The van der Waals surface area contributed by atoms with Gasteiger partial charge in [0, 0.05) is 10.8 Å². The van der Waals surface area contributed by atoms with E-state index in [4.69, 9.17) is 11.6 Å². The number of phenols is 1. The maximum atomic E-state index is 13.5. The number of likely N-dealkylation sites (tertiary alicyclic amines) is 1. The summed E-state index contributed by atoms with van der Waals surface area (Å²) in [5.74, 6) is -2.01. The lowest BCUT2D eigenvalue weighted by Gasteiger charge is -2.36. The fourth-order valence-corrected chi connectivity index (χ4v) is 7.12. The summed E-state index contributed by atoms with van der Waals surface area (Å²) in [5.41, 5.74) is 3.70. The molecule has 0 saturated carbocycles. The highest BCUT2D eigenvalue weighted by atomic mass is 35.5. The van der Waals surface area contributed by atoms with Crippen LogP contribution in [-0.2, 0) is 16.1 Å². The Morgan fingerprint density at radius 1 is 1.18 bits per heavy atom. The van der Waals surface area contributed by atoms with E-state index in [1.807, 2.05) is 23.6 Å². The molecule has 0 unspecified atom stereocenters. The van der Waals surface area contributed by atoms with E-state index in [9.17, 15) is 24.9 Å². The first-order chi connectivity index (χ1) is 18.8. The van der Waals surface area contributed by atoms with E-state index >= 15 is 0 Å². The molecular formula is C31H38ClNO5S. The van der Waals surface area contributed by atoms with Crippen molar-refractivity contribution in [2.24, 2.45) is 17.8 Å². The minimum Gasteiger partial charge on any atom is -0.508 e. The third-order valence-corrected chi connectivity index (χ3v) is 9.12. The van der Waals surface area contributed by atoms with Gasteiger partial charge in [0.15, 0.2) is 0 Å². The Balaban J connectivity index is 1.57. The number of nitrogens with zero attached hydrogens (tertiary/aromatic N) is 1. The second-order valence-corrected chi connectivity index (χ2v) is 12.0. The highest BCUT2D eigenvalue weighted by Crippen LogP contribution is 2.47. The zero-order chi connectivity index (χ0) is 28.1. The van der Waals surface area contributed by atoms with Crippen LogP contribution in [0.2, 0.25) is 5.02 Å². The van der Waals surface area contributed by atoms with Gasteiger partial charge in [-0.25, -0.2) is 0 Å². The number of carbonyl (C=O) groups is 2. The molecular weight excluding hydrogens is 534 g/mol. The monoisotopic (exact) mass is 571 g/mol. The average molecular weight is 572 g/mol. The van der Waals surface area contributed by atoms with Crippen LogP contribution in [0.25, 0.3) is 6.08 Å². The minimum absolute atomic E-state index is 0.111. The molecule has 1 aliphatic heterocycles. The molecule has 39 heavy (non-hydrogen) atoms. The van der Waals surface area contributed by atoms with Gasteiger partial charge in [0.1, 0.15) is 5.75 Å². The van der Waals surface area contributed by atoms with Crippen molar-refractivity contribution in [3.63, 3.8) is 0 Å². The van der Waals surface area contributed by atoms with Gasteiger partial charge in [0.2, 0.25) is 11.8 Å². The molecule has 2 aliphatic rings. The lowest BCUT2D eigenvalue weighted by atomic mass is 9.67. The lowest BCUT2D eigenvalue weighted by molar-refractivity contribution is -0.140. The summed E-state index contributed by atoms with van der Waals surface area (Å²) in [7, 11) is 0. The largest absolute Gasteiger partial charge is 0.508 e. The number of aromatic hydroxyl groups is 1. The summed E-state index contributed by atoms with van der Waals surface area (Å²) in [4.78, 5) is 29.2. The number of allylic oxidation sites excluding steroid dienone is 2. The Hall–Kier alpha value is -2.45. The smallest absolute Gasteiger partial charge is 0.234 e.